The van der Waals surface area contributed by atoms with Crippen LogP contribution in [0.25, 0.3) is 0 Å². The van der Waals surface area contributed by atoms with Gasteiger partial charge in [0.05, 0.1) is 39.1 Å². The summed E-state index contributed by atoms with van der Waals surface area (Å²) in [6.45, 7) is 4.33. The van der Waals surface area contributed by atoms with Crippen LogP contribution in [0.5, 0.6) is 0 Å². The van der Waals surface area contributed by atoms with Gasteiger partial charge in [0.2, 0.25) is 5.91 Å². The van der Waals surface area contributed by atoms with E-state index in [-0.39, 0.29) is 32.1 Å². The zero-order valence-electron chi connectivity index (χ0n) is 35.0. The first-order valence-electron chi connectivity index (χ1n) is 22.5. The van der Waals surface area contributed by atoms with E-state index in [0.29, 0.717) is 19.6 Å². The van der Waals surface area contributed by atoms with Crippen LogP contribution in [0.4, 0.5) is 0 Å². The molecular formula is C43H85NO11. The molecule has 0 radical (unpaired) electrons. The molecule has 7 N–H and O–H groups in total. The van der Waals surface area contributed by atoms with Crippen molar-refractivity contribution in [3.63, 3.8) is 0 Å². The van der Waals surface area contributed by atoms with Gasteiger partial charge in [-0.1, -0.05) is 162 Å². The molecule has 1 amide bonds. The van der Waals surface area contributed by atoms with E-state index in [0.717, 1.165) is 32.1 Å². The molecule has 55 heavy (non-hydrogen) atoms. The molecule has 1 heterocycles. The molecule has 0 spiro atoms. The summed E-state index contributed by atoms with van der Waals surface area (Å²) in [4.78, 5) is 12.9. The lowest BCUT2D eigenvalue weighted by Gasteiger charge is -2.40. The number of hydrogen-bond acceptors (Lipinski definition) is 11. The van der Waals surface area contributed by atoms with Gasteiger partial charge in [-0.2, -0.15) is 0 Å². The number of rotatable bonds is 39. The Morgan fingerprint density at radius 1 is 0.582 bits per heavy atom. The largest absolute Gasteiger partial charge is 0.394 e. The fraction of sp³-hybridized carbons (Fsp3) is 0.977. The first-order valence-corrected chi connectivity index (χ1v) is 22.5. The molecule has 0 aliphatic carbocycles. The number of carbonyl (C=O) groups excluding carboxylic acids is 1. The second-order valence-corrected chi connectivity index (χ2v) is 15.8. The van der Waals surface area contributed by atoms with Crippen LogP contribution in [0, 0.1) is 0 Å². The second-order valence-electron chi connectivity index (χ2n) is 15.8. The number of nitrogens with one attached hydrogen (secondary N) is 1. The van der Waals surface area contributed by atoms with Crippen LogP contribution in [-0.4, -0.2) is 125 Å². The lowest BCUT2D eigenvalue weighted by atomic mass is 9.99. The van der Waals surface area contributed by atoms with Crippen molar-refractivity contribution in [3.05, 3.63) is 0 Å². The maximum absolute atomic E-state index is 12.9. The smallest absolute Gasteiger partial charge is 0.220 e. The van der Waals surface area contributed by atoms with E-state index in [1.54, 1.807) is 0 Å². The quantitative estimate of drug-likeness (QED) is 0.0350. The predicted molar refractivity (Wildman–Crippen MR) is 217 cm³/mol. The lowest BCUT2D eigenvalue weighted by Crippen LogP contribution is -2.60. The third-order valence-electron chi connectivity index (χ3n) is 10.8. The highest BCUT2D eigenvalue weighted by Crippen LogP contribution is 2.23. The Labute approximate surface area is 334 Å². The van der Waals surface area contributed by atoms with Crippen LogP contribution < -0.4 is 5.32 Å². The third kappa shape index (κ3) is 26.6. The molecule has 1 saturated heterocycles. The number of carbonyl (C=O) groups is 1. The maximum atomic E-state index is 12.9. The molecule has 0 aromatic heterocycles. The van der Waals surface area contributed by atoms with Gasteiger partial charge in [-0.25, -0.2) is 0 Å². The summed E-state index contributed by atoms with van der Waals surface area (Å²) in [6.07, 6.45) is 21.7. The third-order valence-corrected chi connectivity index (χ3v) is 10.8. The molecule has 1 aliphatic heterocycles. The van der Waals surface area contributed by atoms with Gasteiger partial charge < -0.3 is 54.9 Å². The fourth-order valence-electron chi connectivity index (χ4n) is 7.02. The average molecular weight is 792 g/mol. The minimum atomic E-state index is -1.64. The number of ether oxygens (including phenoxy) is 4. The van der Waals surface area contributed by atoms with Gasteiger partial charge in [0, 0.05) is 13.0 Å². The van der Waals surface area contributed by atoms with Crippen molar-refractivity contribution in [2.24, 2.45) is 0 Å². The van der Waals surface area contributed by atoms with Crippen LogP contribution in [0.15, 0.2) is 0 Å². The van der Waals surface area contributed by atoms with Crippen LogP contribution in [-0.2, 0) is 23.7 Å². The zero-order valence-corrected chi connectivity index (χ0v) is 35.0. The highest BCUT2D eigenvalue weighted by Gasteiger charge is 2.44. The van der Waals surface area contributed by atoms with Gasteiger partial charge in [0.1, 0.15) is 36.6 Å². The molecule has 0 bridgehead atoms. The Morgan fingerprint density at radius 3 is 1.51 bits per heavy atom. The van der Waals surface area contributed by atoms with Crippen molar-refractivity contribution < 1.29 is 54.4 Å². The average Bonchev–Trinajstić information content (AvgIpc) is 3.18. The monoisotopic (exact) mass is 792 g/mol. The molecule has 1 aliphatic rings. The predicted octanol–water partition coefficient (Wildman–Crippen LogP) is 6.23. The Kier molecular flexibility index (Phi) is 34.3. The molecule has 0 unspecified atom stereocenters. The molecule has 0 saturated carbocycles. The van der Waals surface area contributed by atoms with Gasteiger partial charge in [0.15, 0.2) is 6.29 Å². The van der Waals surface area contributed by atoms with E-state index in [9.17, 15) is 35.4 Å². The summed E-state index contributed by atoms with van der Waals surface area (Å²) in [5.74, 6) is -0.317. The Balaban J connectivity index is 2.23. The van der Waals surface area contributed by atoms with Crippen LogP contribution in [0.3, 0.4) is 0 Å². The minimum Gasteiger partial charge on any atom is -0.394 e. The lowest BCUT2D eigenvalue weighted by molar-refractivity contribution is -0.303. The van der Waals surface area contributed by atoms with Crippen LogP contribution in [0.2, 0.25) is 0 Å². The summed E-state index contributed by atoms with van der Waals surface area (Å²) in [7, 11) is 0. The first-order chi connectivity index (χ1) is 26.8. The van der Waals surface area contributed by atoms with E-state index in [4.69, 9.17) is 18.9 Å². The summed E-state index contributed by atoms with van der Waals surface area (Å²) < 4.78 is 21.9. The summed E-state index contributed by atoms with van der Waals surface area (Å²) in [5, 5.41) is 64.3. The Bertz CT molecular complexity index is 853. The standard InChI is InChI=1S/C43H85NO11/c1-3-5-7-8-9-10-11-12-13-14-15-16-17-18-19-20-21-22-23-24-25-26-27-28-38(47)44-35(39(48)36(46)34-53-31-30-52-29-6-4-2)33-54-43-42(51)41(50)40(49)37(32-45)55-43/h35-37,39-43,45-46,48-51H,3-34H2,1-2H3,(H,44,47)/t35-,36+,37+,39-,40-,41-,42+,43-/m0/s1. The van der Waals surface area contributed by atoms with Crippen LogP contribution in [0.1, 0.15) is 181 Å². The van der Waals surface area contributed by atoms with E-state index in [2.05, 4.69) is 19.2 Å². The molecule has 1 fully saturated rings. The molecule has 12 heteroatoms. The molecule has 12 nitrogen and oxygen atoms in total. The maximum Gasteiger partial charge on any atom is 0.220 e. The van der Waals surface area contributed by atoms with Crippen molar-refractivity contribution in [2.45, 2.75) is 230 Å². The van der Waals surface area contributed by atoms with E-state index < -0.39 is 55.6 Å². The molecule has 8 atom stereocenters. The summed E-state index contributed by atoms with van der Waals surface area (Å²) in [6, 6.07) is -1.09. The van der Waals surface area contributed by atoms with E-state index in [1.807, 2.05) is 0 Å². The zero-order chi connectivity index (χ0) is 40.4. The number of aliphatic hydroxyl groups excluding tert-OH is 6. The number of unbranched alkanes of at least 4 members (excludes halogenated alkanes) is 23. The molecule has 0 aromatic rings. The summed E-state index contributed by atoms with van der Waals surface area (Å²) >= 11 is 0. The van der Waals surface area contributed by atoms with Gasteiger partial charge >= 0.3 is 0 Å². The number of amides is 1. The molecular weight excluding hydrogens is 706 g/mol. The first kappa shape index (κ1) is 52.1. The van der Waals surface area contributed by atoms with Crippen molar-refractivity contribution in [2.75, 3.05) is 39.6 Å². The molecule has 1 rings (SSSR count). The van der Waals surface area contributed by atoms with Gasteiger partial charge in [-0.15, -0.1) is 0 Å². The number of hydrogen-bond donors (Lipinski definition) is 7. The van der Waals surface area contributed by atoms with Gasteiger partial charge in [-0.3, -0.25) is 4.79 Å². The SMILES string of the molecule is CCCCCCCCCCCCCCCCCCCCCCCCCC(=O)N[C@@H](CO[C@H]1O[C@H](CO)[C@H](O)[C@H](O)[C@H]1O)[C@H](O)[C@H](O)COCCOCCCC. The topological polar surface area (TPSA) is 187 Å². The Hall–Kier alpha value is -0.930. The molecule has 0 aromatic carbocycles. The minimum absolute atomic E-state index is 0.204. The highest BCUT2D eigenvalue weighted by atomic mass is 16.7. The van der Waals surface area contributed by atoms with Crippen molar-refractivity contribution in [1.29, 1.82) is 0 Å². The Morgan fingerprint density at radius 2 is 1.04 bits per heavy atom. The van der Waals surface area contributed by atoms with Crippen molar-refractivity contribution in [1.82, 2.24) is 5.32 Å². The number of aliphatic hydroxyl groups is 6. The molecule has 328 valence electrons. The second kappa shape index (κ2) is 36.2. The van der Waals surface area contributed by atoms with Gasteiger partial charge in [-0.05, 0) is 12.8 Å². The highest BCUT2D eigenvalue weighted by molar-refractivity contribution is 5.76. The summed E-state index contributed by atoms with van der Waals surface area (Å²) in [5.41, 5.74) is 0. The van der Waals surface area contributed by atoms with E-state index in [1.165, 1.54) is 122 Å². The normalized spacial score (nSPS) is 21.8. The fourth-order valence-corrected chi connectivity index (χ4v) is 7.02. The van der Waals surface area contributed by atoms with Crippen molar-refractivity contribution >= 4 is 5.91 Å². The van der Waals surface area contributed by atoms with E-state index >= 15 is 0 Å². The van der Waals surface area contributed by atoms with Crippen molar-refractivity contribution in [3.8, 4) is 0 Å². The van der Waals surface area contributed by atoms with Crippen LogP contribution >= 0.6 is 0 Å². The van der Waals surface area contributed by atoms with Gasteiger partial charge in [0.25, 0.3) is 0 Å².